The average Bonchev–Trinajstić information content (AvgIpc) is 3.48. The van der Waals surface area contributed by atoms with Crippen molar-refractivity contribution in [3.8, 4) is 34.3 Å². The maximum atomic E-state index is 10.9. The zero-order valence-electron chi connectivity index (χ0n) is 14.8. The third-order valence-electron chi connectivity index (χ3n) is 4.25. The molecular formula is C18H12N6O5. The molecular weight excluding hydrogens is 380 g/mol. The average molecular weight is 392 g/mol. The first kappa shape index (κ1) is 16.9. The third-order valence-corrected chi connectivity index (χ3v) is 4.25. The Kier molecular flexibility index (Phi) is 3.90. The van der Waals surface area contributed by atoms with Crippen molar-refractivity contribution in [3.05, 3.63) is 64.8 Å². The maximum absolute atomic E-state index is 10.9. The fourth-order valence-corrected chi connectivity index (χ4v) is 2.87. The number of hydrogen-bond acceptors (Lipinski definition) is 9. The van der Waals surface area contributed by atoms with Gasteiger partial charge in [-0.1, -0.05) is 17.3 Å². The molecule has 3 heterocycles. The summed E-state index contributed by atoms with van der Waals surface area (Å²) in [5.41, 5.74) is 1.26. The van der Waals surface area contributed by atoms with Crippen molar-refractivity contribution in [2.75, 3.05) is 6.79 Å². The van der Waals surface area contributed by atoms with Crippen molar-refractivity contribution in [1.29, 1.82) is 0 Å². The van der Waals surface area contributed by atoms with Crippen molar-refractivity contribution >= 4 is 5.69 Å². The molecule has 0 aliphatic carbocycles. The summed E-state index contributed by atoms with van der Waals surface area (Å²) in [5, 5.41) is 19.2. The SMILES string of the molecule is O=[N+]([O-])c1cccc(-c2ncn(Cc3nc(-c4ccc5c(c4)OCO5)no3)n2)c1. The van der Waals surface area contributed by atoms with Crippen molar-refractivity contribution in [3.63, 3.8) is 0 Å². The molecule has 5 rings (SSSR count). The van der Waals surface area contributed by atoms with Crippen LogP contribution >= 0.6 is 0 Å². The predicted octanol–water partition coefficient (Wildman–Crippen LogP) is 2.68. The standard InChI is InChI=1S/C18H12N6O5/c25-24(26)13-3-1-2-11(6-13)17-19-9-23(21-17)8-16-20-18(22-29-16)12-4-5-14-15(7-12)28-10-27-14/h1-7,9H,8,10H2. The van der Waals surface area contributed by atoms with E-state index in [9.17, 15) is 10.1 Å². The second-order valence-electron chi connectivity index (χ2n) is 6.15. The van der Waals surface area contributed by atoms with E-state index in [1.165, 1.54) is 23.1 Å². The van der Waals surface area contributed by atoms with Gasteiger partial charge in [0.15, 0.2) is 17.3 Å². The largest absolute Gasteiger partial charge is 0.454 e. The van der Waals surface area contributed by atoms with Gasteiger partial charge in [0.2, 0.25) is 18.5 Å². The maximum Gasteiger partial charge on any atom is 0.270 e. The predicted molar refractivity (Wildman–Crippen MR) is 97.1 cm³/mol. The van der Waals surface area contributed by atoms with Gasteiger partial charge in [-0.3, -0.25) is 10.1 Å². The van der Waals surface area contributed by atoms with Crippen LogP contribution in [0.15, 0.2) is 53.3 Å². The van der Waals surface area contributed by atoms with E-state index in [2.05, 4.69) is 20.2 Å². The minimum Gasteiger partial charge on any atom is -0.454 e. The highest BCUT2D eigenvalue weighted by Crippen LogP contribution is 2.35. The molecule has 0 bridgehead atoms. The summed E-state index contributed by atoms with van der Waals surface area (Å²) < 4.78 is 17.5. The Hall–Kier alpha value is -4.28. The molecule has 2 aromatic carbocycles. The first-order chi connectivity index (χ1) is 14.2. The normalized spacial score (nSPS) is 12.3. The Bertz CT molecular complexity index is 1220. The topological polar surface area (TPSA) is 131 Å². The van der Waals surface area contributed by atoms with E-state index >= 15 is 0 Å². The molecule has 11 nitrogen and oxygen atoms in total. The van der Waals surface area contributed by atoms with Gasteiger partial charge in [-0.05, 0) is 18.2 Å². The minimum atomic E-state index is -0.462. The molecule has 0 atom stereocenters. The van der Waals surface area contributed by atoms with E-state index in [1.807, 2.05) is 6.07 Å². The Morgan fingerprint density at radius 1 is 1.07 bits per heavy atom. The van der Waals surface area contributed by atoms with Crippen molar-refractivity contribution in [1.82, 2.24) is 24.9 Å². The van der Waals surface area contributed by atoms with E-state index in [1.54, 1.807) is 24.3 Å². The lowest BCUT2D eigenvalue weighted by Crippen LogP contribution is -2.00. The molecule has 0 saturated carbocycles. The third kappa shape index (κ3) is 3.25. The fourth-order valence-electron chi connectivity index (χ4n) is 2.87. The van der Waals surface area contributed by atoms with Crippen molar-refractivity contribution in [2.45, 2.75) is 6.54 Å². The number of rotatable bonds is 5. The Morgan fingerprint density at radius 3 is 2.83 bits per heavy atom. The van der Waals surface area contributed by atoms with Crippen LogP contribution in [0.3, 0.4) is 0 Å². The van der Waals surface area contributed by atoms with Crippen LogP contribution in [0.1, 0.15) is 5.89 Å². The van der Waals surface area contributed by atoms with Crippen LogP contribution in [0.5, 0.6) is 11.5 Å². The highest BCUT2D eigenvalue weighted by atomic mass is 16.7. The van der Waals surface area contributed by atoms with E-state index in [-0.39, 0.29) is 19.0 Å². The van der Waals surface area contributed by atoms with Crippen LogP contribution in [-0.2, 0) is 6.54 Å². The highest BCUT2D eigenvalue weighted by Gasteiger charge is 2.17. The zero-order chi connectivity index (χ0) is 19.8. The summed E-state index contributed by atoms with van der Waals surface area (Å²) >= 11 is 0. The van der Waals surface area contributed by atoms with Gasteiger partial charge in [0.05, 0.1) is 4.92 Å². The highest BCUT2D eigenvalue weighted by molar-refractivity contribution is 5.61. The van der Waals surface area contributed by atoms with Gasteiger partial charge in [0.25, 0.3) is 5.69 Å². The number of aromatic nitrogens is 5. The second-order valence-corrected chi connectivity index (χ2v) is 6.15. The van der Waals surface area contributed by atoms with Gasteiger partial charge in [-0.2, -0.15) is 10.1 Å². The molecule has 11 heteroatoms. The Labute approximate surface area is 162 Å². The van der Waals surface area contributed by atoms with Crippen molar-refractivity contribution < 1.29 is 18.9 Å². The van der Waals surface area contributed by atoms with E-state index in [4.69, 9.17) is 14.0 Å². The molecule has 0 unspecified atom stereocenters. The molecule has 0 radical (unpaired) electrons. The van der Waals surface area contributed by atoms with Gasteiger partial charge in [-0.15, -0.1) is 0 Å². The summed E-state index contributed by atoms with van der Waals surface area (Å²) in [4.78, 5) is 19.0. The number of fused-ring (bicyclic) bond motifs is 1. The monoisotopic (exact) mass is 392 g/mol. The number of benzene rings is 2. The quantitative estimate of drug-likeness (QED) is 0.371. The lowest BCUT2D eigenvalue weighted by Gasteiger charge is -1.97. The van der Waals surface area contributed by atoms with Crippen LogP contribution in [0, 0.1) is 10.1 Å². The summed E-state index contributed by atoms with van der Waals surface area (Å²) in [6.45, 7) is 0.398. The van der Waals surface area contributed by atoms with Crippen LogP contribution in [0.2, 0.25) is 0 Å². The first-order valence-corrected chi connectivity index (χ1v) is 8.52. The van der Waals surface area contributed by atoms with Crippen LogP contribution < -0.4 is 9.47 Å². The number of non-ortho nitro benzene ring substituents is 1. The molecule has 144 valence electrons. The van der Waals surface area contributed by atoms with Gasteiger partial charge in [0.1, 0.15) is 12.9 Å². The lowest BCUT2D eigenvalue weighted by molar-refractivity contribution is -0.384. The minimum absolute atomic E-state index is 0.0240. The molecule has 29 heavy (non-hydrogen) atoms. The second kappa shape index (κ2) is 6.71. The number of hydrogen-bond donors (Lipinski definition) is 0. The zero-order valence-corrected chi connectivity index (χ0v) is 14.8. The number of nitro groups is 1. The first-order valence-electron chi connectivity index (χ1n) is 8.52. The van der Waals surface area contributed by atoms with Crippen LogP contribution in [-0.4, -0.2) is 36.6 Å². The molecule has 1 aliphatic heterocycles. The smallest absolute Gasteiger partial charge is 0.270 e. The Balaban J connectivity index is 1.34. The molecule has 2 aromatic heterocycles. The number of nitrogens with zero attached hydrogens (tertiary/aromatic N) is 6. The Morgan fingerprint density at radius 2 is 1.93 bits per heavy atom. The molecule has 0 fully saturated rings. The fraction of sp³-hybridized carbons (Fsp3) is 0.111. The number of ether oxygens (including phenoxy) is 2. The summed E-state index contributed by atoms with van der Waals surface area (Å²) in [7, 11) is 0. The van der Waals surface area contributed by atoms with Crippen molar-refractivity contribution in [2.24, 2.45) is 0 Å². The lowest BCUT2D eigenvalue weighted by atomic mass is 10.2. The molecule has 0 saturated heterocycles. The van der Waals surface area contributed by atoms with Crippen LogP contribution in [0.4, 0.5) is 5.69 Å². The van der Waals surface area contributed by atoms with Gasteiger partial charge >= 0.3 is 0 Å². The molecule has 0 amide bonds. The summed E-state index contributed by atoms with van der Waals surface area (Å²) in [6.07, 6.45) is 1.50. The number of nitro benzene ring substituents is 1. The molecule has 0 N–H and O–H groups in total. The summed E-state index contributed by atoms with van der Waals surface area (Å²) in [5.74, 6) is 2.43. The van der Waals surface area contributed by atoms with E-state index in [0.717, 1.165) is 5.56 Å². The van der Waals surface area contributed by atoms with E-state index in [0.29, 0.717) is 34.6 Å². The summed E-state index contributed by atoms with van der Waals surface area (Å²) in [6, 6.07) is 11.5. The molecule has 1 aliphatic rings. The van der Waals surface area contributed by atoms with Gasteiger partial charge < -0.3 is 14.0 Å². The van der Waals surface area contributed by atoms with E-state index < -0.39 is 4.92 Å². The van der Waals surface area contributed by atoms with Gasteiger partial charge in [0, 0.05) is 23.3 Å². The molecule has 4 aromatic rings. The van der Waals surface area contributed by atoms with Gasteiger partial charge in [-0.25, -0.2) is 9.67 Å². The molecule has 0 spiro atoms. The van der Waals surface area contributed by atoms with Crippen LogP contribution in [0.25, 0.3) is 22.8 Å².